The molecule has 2 aliphatic rings. The van der Waals surface area contributed by atoms with Crippen LogP contribution in [0.2, 0.25) is 5.02 Å². The Morgan fingerprint density at radius 1 is 1.20 bits per heavy atom. The lowest BCUT2D eigenvalue weighted by Crippen LogP contribution is -2.48. The second kappa shape index (κ2) is 7.88. The highest BCUT2D eigenvalue weighted by Crippen LogP contribution is 2.52. The third-order valence-electron chi connectivity index (χ3n) is 5.43. The summed E-state index contributed by atoms with van der Waals surface area (Å²) < 4.78 is 10.6. The SMILES string of the molecule is COc1ccc([C@]2(O)CSC3=C(C#N)[C@H](c4ccc(Cl)cc4)CC(=O)N32)cc1OC. The molecule has 8 heteroatoms. The van der Waals surface area contributed by atoms with Gasteiger partial charge in [0, 0.05) is 22.9 Å². The molecule has 154 valence electrons. The van der Waals surface area contributed by atoms with Gasteiger partial charge in [0.2, 0.25) is 5.91 Å². The fraction of sp³-hybridized carbons (Fsp3) is 0.273. The zero-order valence-electron chi connectivity index (χ0n) is 16.4. The number of benzene rings is 2. The first-order chi connectivity index (χ1) is 14.4. The van der Waals surface area contributed by atoms with Crippen LogP contribution in [0.3, 0.4) is 0 Å². The average Bonchev–Trinajstić information content (AvgIpc) is 3.13. The smallest absolute Gasteiger partial charge is 0.231 e. The largest absolute Gasteiger partial charge is 0.493 e. The van der Waals surface area contributed by atoms with Crippen molar-refractivity contribution >= 4 is 29.3 Å². The average molecular weight is 443 g/mol. The summed E-state index contributed by atoms with van der Waals surface area (Å²) in [6.07, 6.45) is 0.0875. The lowest BCUT2D eigenvalue weighted by molar-refractivity contribution is -0.149. The number of aliphatic hydroxyl groups is 1. The third kappa shape index (κ3) is 3.21. The Morgan fingerprint density at radius 2 is 1.90 bits per heavy atom. The van der Waals surface area contributed by atoms with Crippen molar-refractivity contribution in [2.45, 2.75) is 18.1 Å². The Kier molecular flexibility index (Phi) is 5.41. The molecule has 2 aromatic carbocycles. The molecule has 4 rings (SSSR count). The topological polar surface area (TPSA) is 82.8 Å². The van der Waals surface area contributed by atoms with Crippen LogP contribution in [0.25, 0.3) is 0 Å². The van der Waals surface area contributed by atoms with Gasteiger partial charge in [0.05, 0.1) is 36.6 Å². The van der Waals surface area contributed by atoms with Gasteiger partial charge in [0.15, 0.2) is 17.2 Å². The second-order valence-electron chi connectivity index (χ2n) is 7.04. The van der Waals surface area contributed by atoms with Crippen LogP contribution in [0.5, 0.6) is 11.5 Å². The Balaban J connectivity index is 1.79. The Morgan fingerprint density at radius 3 is 2.53 bits per heavy atom. The summed E-state index contributed by atoms with van der Waals surface area (Å²) >= 11 is 7.29. The molecular formula is C22H19ClN2O4S. The molecule has 1 saturated heterocycles. The van der Waals surface area contributed by atoms with Gasteiger partial charge >= 0.3 is 0 Å². The minimum atomic E-state index is -1.58. The number of hydrogen-bond donors (Lipinski definition) is 1. The van der Waals surface area contributed by atoms with Crippen LogP contribution in [0.1, 0.15) is 23.5 Å². The molecule has 6 nitrogen and oxygen atoms in total. The first-order valence-corrected chi connectivity index (χ1v) is 10.6. The molecule has 2 heterocycles. The summed E-state index contributed by atoms with van der Waals surface area (Å²) in [4.78, 5) is 14.5. The molecule has 30 heavy (non-hydrogen) atoms. The monoisotopic (exact) mass is 442 g/mol. The quantitative estimate of drug-likeness (QED) is 0.770. The number of rotatable bonds is 4. The summed E-state index contributed by atoms with van der Waals surface area (Å²) in [7, 11) is 3.04. The number of nitrogens with zero attached hydrogens (tertiary/aromatic N) is 2. The number of fused-ring (bicyclic) bond motifs is 1. The van der Waals surface area contributed by atoms with Crippen LogP contribution >= 0.6 is 23.4 Å². The molecule has 2 aromatic rings. The number of carbonyl (C=O) groups excluding carboxylic acids is 1. The maximum absolute atomic E-state index is 13.2. The van der Waals surface area contributed by atoms with Crippen LogP contribution in [0.15, 0.2) is 53.1 Å². The molecule has 0 radical (unpaired) electrons. The highest BCUT2D eigenvalue weighted by atomic mass is 35.5. The van der Waals surface area contributed by atoms with Gasteiger partial charge in [0.1, 0.15) is 0 Å². The second-order valence-corrected chi connectivity index (χ2v) is 8.44. The van der Waals surface area contributed by atoms with Gasteiger partial charge in [-0.3, -0.25) is 9.69 Å². The van der Waals surface area contributed by atoms with E-state index in [1.165, 1.54) is 30.9 Å². The summed E-state index contributed by atoms with van der Waals surface area (Å²) in [6.45, 7) is 0. The van der Waals surface area contributed by atoms with E-state index in [0.29, 0.717) is 32.7 Å². The van der Waals surface area contributed by atoms with Crippen LogP contribution in [0.4, 0.5) is 0 Å². The Labute approximate surface area is 183 Å². The fourth-order valence-electron chi connectivity index (χ4n) is 3.90. The van der Waals surface area contributed by atoms with Crippen LogP contribution in [-0.4, -0.2) is 35.9 Å². The predicted octanol–water partition coefficient (Wildman–Crippen LogP) is 4.00. The standard InChI is InChI=1S/C22H19ClN2O4S/c1-28-18-8-5-14(9-19(18)29-2)22(27)12-30-21-17(11-24)16(10-20(26)25(21)22)13-3-6-15(23)7-4-13/h3-9,16,27H,10,12H2,1-2H3/t16-,22+/m0/s1. The van der Waals surface area contributed by atoms with Gasteiger partial charge in [-0.05, 0) is 29.8 Å². The first kappa shape index (κ1) is 20.6. The summed E-state index contributed by atoms with van der Waals surface area (Å²) in [5, 5.41) is 22.5. The minimum absolute atomic E-state index is 0.0875. The van der Waals surface area contributed by atoms with Gasteiger partial charge in [-0.15, -0.1) is 11.8 Å². The van der Waals surface area contributed by atoms with Crippen molar-refractivity contribution in [2.24, 2.45) is 0 Å². The number of carbonyl (C=O) groups is 1. The summed E-state index contributed by atoms with van der Waals surface area (Å²) in [6, 6.07) is 14.5. The zero-order valence-corrected chi connectivity index (χ0v) is 18.0. The number of thioether (sulfide) groups is 1. The van der Waals surface area contributed by atoms with Crippen molar-refractivity contribution in [2.75, 3.05) is 20.0 Å². The van der Waals surface area contributed by atoms with E-state index in [-0.39, 0.29) is 24.0 Å². The third-order valence-corrected chi connectivity index (χ3v) is 6.90. The highest BCUT2D eigenvalue weighted by Gasteiger charge is 2.52. The molecule has 1 N–H and O–H groups in total. The number of amides is 1. The maximum atomic E-state index is 13.2. The van der Waals surface area contributed by atoms with Crippen molar-refractivity contribution in [3.05, 3.63) is 69.2 Å². The molecule has 2 atom stereocenters. The fourth-order valence-corrected chi connectivity index (χ4v) is 5.39. The van der Waals surface area contributed by atoms with E-state index in [9.17, 15) is 15.2 Å². The van der Waals surface area contributed by atoms with Gasteiger partial charge in [-0.25, -0.2) is 0 Å². The van der Waals surface area contributed by atoms with E-state index in [2.05, 4.69) is 6.07 Å². The molecule has 0 unspecified atom stereocenters. The van der Waals surface area contributed by atoms with E-state index in [1.54, 1.807) is 30.3 Å². The van der Waals surface area contributed by atoms with Gasteiger partial charge < -0.3 is 14.6 Å². The number of methoxy groups -OCH3 is 2. The van der Waals surface area contributed by atoms with Gasteiger partial charge in [-0.2, -0.15) is 5.26 Å². The molecule has 0 spiro atoms. The number of halogens is 1. The van der Waals surface area contributed by atoms with Crippen LogP contribution < -0.4 is 9.47 Å². The first-order valence-electron chi connectivity index (χ1n) is 9.23. The summed E-state index contributed by atoms with van der Waals surface area (Å²) in [5.74, 6) is 0.575. The zero-order chi connectivity index (χ0) is 21.5. The number of ether oxygens (including phenoxy) is 2. The van der Waals surface area contributed by atoms with E-state index in [4.69, 9.17) is 21.1 Å². The molecule has 1 fully saturated rings. The van der Waals surface area contributed by atoms with Crippen LogP contribution in [-0.2, 0) is 10.5 Å². The predicted molar refractivity (Wildman–Crippen MR) is 114 cm³/mol. The van der Waals surface area contributed by atoms with Crippen molar-refractivity contribution in [1.29, 1.82) is 5.26 Å². The van der Waals surface area contributed by atoms with E-state index < -0.39 is 5.72 Å². The van der Waals surface area contributed by atoms with Crippen molar-refractivity contribution < 1.29 is 19.4 Å². The van der Waals surface area contributed by atoms with E-state index >= 15 is 0 Å². The Hall–Kier alpha value is -2.66. The molecule has 0 aliphatic carbocycles. The van der Waals surface area contributed by atoms with Crippen molar-refractivity contribution in [3.63, 3.8) is 0 Å². The Bertz CT molecular complexity index is 1080. The molecule has 0 bridgehead atoms. The van der Waals surface area contributed by atoms with Crippen LogP contribution in [0, 0.1) is 11.3 Å². The van der Waals surface area contributed by atoms with E-state index in [0.717, 1.165) is 5.56 Å². The number of nitriles is 1. The van der Waals surface area contributed by atoms with Gasteiger partial charge in [0.25, 0.3) is 0 Å². The number of hydrogen-bond acceptors (Lipinski definition) is 6. The van der Waals surface area contributed by atoms with Crippen molar-refractivity contribution in [3.8, 4) is 17.6 Å². The normalized spacial score (nSPS) is 23.2. The number of allylic oxidation sites excluding steroid dienone is 1. The van der Waals surface area contributed by atoms with E-state index in [1.807, 2.05) is 12.1 Å². The lowest BCUT2D eigenvalue weighted by Gasteiger charge is -2.38. The molecule has 0 aromatic heterocycles. The molecule has 0 saturated carbocycles. The summed E-state index contributed by atoms with van der Waals surface area (Å²) in [5.41, 5.74) is 0.235. The molecule has 1 amide bonds. The molecular weight excluding hydrogens is 424 g/mol. The highest BCUT2D eigenvalue weighted by molar-refractivity contribution is 8.03. The van der Waals surface area contributed by atoms with Gasteiger partial charge in [-0.1, -0.05) is 29.8 Å². The minimum Gasteiger partial charge on any atom is -0.493 e. The maximum Gasteiger partial charge on any atom is 0.231 e. The van der Waals surface area contributed by atoms with Crippen molar-refractivity contribution in [1.82, 2.24) is 4.90 Å². The lowest BCUT2D eigenvalue weighted by atomic mass is 9.85. The molecule has 2 aliphatic heterocycles.